The van der Waals surface area contributed by atoms with Gasteiger partial charge in [-0.05, 0) is 18.6 Å². The minimum Gasteiger partial charge on any atom is -0.367 e. The predicted octanol–water partition coefficient (Wildman–Crippen LogP) is 2.82. The van der Waals surface area contributed by atoms with Gasteiger partial charge in [0, 0.05) is 24.0 Å². The van der Waals surface area contributed by atoms with Crippen LogP contribution in [0.4, 0.5) is 0 Å². The van der Waals surface area contributed by atoms with Gasteiger partial charge in [0.1, 0.15) is 5.84 Å². The summed E-state index contributed by atoms with van der Waals surface area (Å²) in [6.07, 6.45) is 1.14. The van der Waals surface area contributed by atoms with Crippen molar-refractivity contribution in [1.82, 2.24) is 9.88 Å². The highest BCUT2D eigenvalue weighted by Gasteiger charge is 2.15. The van der Waals surface area contributed by atoms with Crippen molar-refractivity contribution in [2.75, 3.05) is 13.1 Å². The highest BCUT2D eigenvalue weighted by Crippen LogP contribution is 2.21. The van der Waals surface area contributed by atoms with E-state index < -0.39 is 0 Å². The minimum atomic E-state index is 0. The molecule has 0 unspecified atom stereocenters. The van der Waals surface area contributed by atoms with E-state index in [0.717, 1.165) is 31.9 Å². The van der Waals surface area contributed by atoms with Gasteiger partial charge in [-0.2, -0.15) is 0 Å². The van der Waals surface area contributed by atoms with Crippen molar-refractivity contribution in [1.29, 1.82) is 0 Å². The number of rotatable bonds is 3. The van der Waals surface area contributed by atoms with E-state index in [9.17, 15) is 0 Å². The Morgan fingerprint density at radius 3 is 2.89 bits per heavy atom. The molecule has 1 aliphatic heterocycles. The van der Waals surface area contributed by atoms with Gasteiger partial charge in [-0.15, -0.1) is 12.4 Å². The average molecular weight is 264 g/mol. The fraction of sp³-hybridized carbons (Fsp3) is 0.357. The summed E-state index contributed by atoms with van der Waals surface area (Å²) in [5.41, 5.74) is 2.53. The standard InChI is InChI=1S/C14H17N3.ClH/c1-2-9-17-12-6-4-3-5-11(12)10-13(17)14-15-7-8-16-14;/h3-6,10H,2,7-9H2,1H3,(H,15,16);1H. The summed E-state index contributed by atoms with van der Waals surface area (Å²) in [5.74, 6) is 1.05. The molecule has 0 atom stereocenters. The number of hydrogen-bond donors (Lipinski definition) is 1. The van der Waals surface area contributed by atoms with E-state index in [1.165, 1.54) is 16.6 Å². The van der Waals surface area contributed by atoms with Gasteiger partial charge in [-0.1, -0.05) is 25.1 Å². The molecule has 3 nitrogen and oxygen atoms in total. The summed E-state index contributed by atoms with van der Waals surface area (Å²) in [4.78, 5) is 4.53. The molecule has 1 aliphatic rings. The molecule has 96 valence electrons. The molecule has 0 spiro atoms. The van der Waals surface area contributed by atoms with E-state index in [0.29, 0.717) is 0 Å². The minimum absolute atomic E-state index is 0. The molecule has 1 aromatic carbocycles. The second-order valence-corrected chi connectivity index (χ2v) is 4.40. The van der Waals surface area contributed by atoms with E-state index in [1.807, 2.05) is 0 Å². The lowest BCUT2D eigenvalue weighted by Gasteiger charge is -2.09. The molecule has 2 heterocycles. The van der Waals surface area contributed by atoms with Gasteiger partial charge in [0.2, 0.25) is 0 Å². The third kappa shape index (κ3) is 2.10. The van der Waals surface area contributed by atoms with Gasteiger partial charge in [-0.25, -0.2) is 0 Å². The number of nitrogens with zero attached hydrogens (tertiary/aromatic N) is 2. The molecule has 0 fully saturated rings. The van der Waals surface area contributed by atoms with Crippen LogP contribution in [0.15, 0.2) is 35.3 Å². The van der Waals surface area contributed by atoms with Crippen LogP contribution in [0, 0.1) is 0 Å². The Balaban J connectivity index is 0.00000120. The maximum Gasteiger partial charge on any atom is 0.145 e. The largest absolute Gasteiger partial charge is 0.367 e. The van der Waals surface area contributed by atoms with Gasteiger partial charge in [0.05, 0.1) is 12.2 Å². The van der Waals surface area contributed by atoms with Crippen LogP contribution in [-0.4, -0.2) is 23.5 Å². The van der Waals surface area contributed by atoms with Gasteiger partial charge in [0.15, 0.2) is 0 Å². The lowest BCUT2D eigenvalue weighted by molar-refractivity contribution is 0.697. The molecular formula is C14H18ClN3. The van der Waals surface area contributed by atoms with Crippen molar-refractivity contribution in [2.45, 2.75) is 19.9 Å². The fourth-order valence-corrected chi connectivity index (χ4v) is 2.44. The van der Waals surface area contributed by atoms with Crippen molar-refractivity contribution in [3.8, 4) is 0 Å². The highest BCUT2D eigenvalue weighted by molar-refractivity contribution is 6.02. The number of amidine groups is 1. The SMILES string of the molecule is CCCn1c(C2=NCCN2)cc2ccccc21.Cl. The van der Waals surface area contributed by atoms with Crippen LogP contribution in [0.5, 0.6) is 0 Å². The second-order valence-electron chi connectivity index (χ2n) is 4.40. The topological polar surface area (TPSA) is 29.3 Å². The lowest BCUT2D eigenvalue weighted by Crippen LogP contribution is -2.22. The van der Waals surface area contributed by atoms with Crippen molar-refractivity contribution in [2.24, 2.45) is 4.99 Å². The number of nitrogens with one attached hydrogen (secondary N) is 1. The van der Waals surface area contributed by atoms with E-state index in [1.54, 1.807) is 0 Å². The maximum absolute atomic E-state index is 4.53. The van der Waals surface area contributed by atoms with Crippen molar-refractivity contribution < 1.29 is 0 Å². The first-order chi connectivity index (χ1) is 8.40. The lowest BCUT2D eigenvalue weighted by atomic mass is 10.2. The smallest absolute Gasteiger partial charge is 0.145 e. The number of aryl methyl sites for hydroxylation is 1. The summed E-state index contributed by atoms with van der Waals surface area (Å²) in [6.45, 7) is 5.11. The number of benzene rings is 1. The summed E-state index contributed by atoms with van der Waals surface area (Å²) in [7, 11) is 0. The Hall–Kier alpha value is -1.48. The van der Waals surface area contributed by atoms with Crippen molar-refractivity contribution >= 4 is 29.1 Å². The first-order valence-electron chi connectivity index (χ1n) is 6.27. The van der Waals surface area contributed by atoms with E-state index in [2.05, 4.69) is 52.1 Å². The number of aromatic nitrogens is 1. The third-order valence-corrected chi connectivity index (χ3v) is 3.17. The molecule has 2 aromatic rings. The van der Waals surface area contributed by atoms with E-state index in [-0.39, 0.29) is 12.4 Å². The maximum atomic E-state index is 4.53. The zero-order chi connectivity index (χ0) is 11.7. The Morgan fingerprint density at radius 2 is 2.17 bits per heavy atom. The molecule has 0 bridgehead atoms. The fourth-order valence-electron chi connectivity index (χ4n) is 2.44. The molecule has 4 heteroatoms. The second kappa shape index (κ2) is 5.44. The monoisotopic (exact) mass is 263 g/mol. The zero-order valence-electron chi connectivity index (χ0n) is 10.5. The van der Waals surface area contributed by atoms with Crippen LogP contribution < -0.4 is 5.32 Å². The van der Waals surface area contributed by atoms with Crippen molar-refractivity contribution in [3.63, 3.8) is 0 Å². The average Bonchev–Trinajstić information content (AvgIpc) is 2.97. The Labute approximate surface area is 113 Å². The Morgan fingerprint density at radius 1 is 1.33 bits per heavy atom. The number of halogens is 1. The molecule has 0 radical (unpaired) electrons. The van der Waals surface area contributed by atoms with Crippen LogP contribution in [0.1, 0.15) is 19.0 Å². The zero-order valence-corrected chi connectivity index (χ0v) is 11.3. The normalized spacial score (nSPS) is 14.2. The third-order valence-electron chi connectivity index (χ3n) is 3.17. The molecule has 0 amide bonds. The molecule has 1 N–H and O–H groups in total. The molecule has 0 saturated heterocycles. The summed E-state index contributed by atoms with van der Waals surface area (Å²) >= 11 is 0. The van der Waals surface area contributed by atoms with Gasteiger partial charge < -0.3 is 9.88 Å². The molecular weight excluding hydrogens is 246 g/mol. The van der Waals surface area contributed by atoms with Gasteiger partial charge in [0.25, 0.3) is 0 Å². The molecule has 0 aliphatic carbocycles. The first kappa shape index (κ1) is 13.0. The molecule has 1 aromatic heterocycles. The first-order valence-corrected chi connectivity index (χ1v) is 6.27. The van der Waals surface area contributed by atoms with Gasteiger partial charge in [-0.3, -0.25) is 4.99 Å². The Kier molecular flexibility index (Phi) is 3.92. The highest BCUT2D eigenvalue weighted by atomic mass is 35.5. The van der Waals surface area contributed by atoms with Crippen LogP contribution >= 0.6 is 12.4 Å². The Bertz CT molecular complexity index is 571. The van der Waals surface area contributed by atoms with Crippen LogP contribution in [-0.2, 0) is 6.54 Å². The summed E-state index contributed by atoms with van der Waals surface area (Å²) in [6, 6.07) is 10.8. The number of aliphatic imine (C=N–C) groups is 1. The number of para-hydroxylation sites is 1. The van der Waals surface area contributed by atoms with Gasteiger partial charge >= 0.3 is 0 Å². The van der Waals surface area contributed by atoms with Crippen LogP contribution in [0.2, 0.25) is 0 Å². The molecule has 18 heavy (non-hydrogen) atoms. The number of hydrogen-bond acceptors (Lipinski definition) is 2. The van der Waals surface area contributed by atoms with Crippen LogP contribution in [0.25, 0.3) is 10.9 Å². The summed E-state index contributed by atoms with van der Waals surface area (Å²) in [5, 5.41) is 4.66. The van der Waals surface area contributed by atoms with E-state index >= 15 is 0 Å². The predicted molar refractivity (Wildman–Crippen MR) is 78.9 cm³/mol. The number of fused-ring (bicyclic) bond motifs is 1. The quantitative estimate of drug-likeness (QED) is 0.907. The van der Waals surface area contributed by atoms with Crippen LogP contribution in [0.3, 0.4) is 0 Å². The van der Waals surface area contributed by atoms with Crippen molar-refractivity contribution in [3.05, 3.63) is 36.0 Å². The van der Waals surface area contributed by atoms with E-state index in [4.69, 9.17) is 0 Å². The molecule has 0 saturated carbocycles. The molecule has 3 rings (SSSR count). The summed E-state index contributed by atoms with van der Waals surface area (Å²) < 4.78 is 2.37.